The summed E-state index contributed by atoms with van der Waals surface area (Å²) in [6, 6.07) is 5.60. The van der Waals surface area contributed by atoms with Crippen molar-refractivity contribution in [1.82, 2.24) is 5.32 Å². The first kappa shape index (κ1) is 56.6. The first-order valence-corrected chi connectivity index (χ1v) is 23.1. The number of rotatable bonds is 27. The molecule has 0 bridgehead atoms. The summed E-state index contributed by atoms with van der Waals surface area (Å²) in [5.41, 5.74) is -1.02. The fraction of sp³-hybridized carbons (Fsp3) is 0.529. The van der Waals surface area contributed by atoms with Crippen molar-refractivity contribution < 1.29 is 71.4 Å². The first-order chi connectivity index (χ1) is 32.7. The number of amides is 3. The van der Waals surface area contributed by atoms with Crippen LogP contribution >= 0.6 is 0 Å². The number of benzene rings is 3. The molecule has 0 unspecified atom stereocenters. The number of anilines is 2. The Hall–Kier alpha value is -6.72. The number of nitrogens with one attached hydrogen (secondary N) is 3. The van der Waals surface area contributed by atoms with Crippen LogP contribution in [0.2, 0.25) is 0 Å². The van der Waals surface area contributed by atoms with Crippen molar-refractivity contribution in [2.24, 2.45) is 23.7 Å². The van der Waals surface area contributed by atoms with Gasteiger partial charge in [0.15, 0.2) is 11.5 Å². The molecule has 18 nitrogen and oxygen atoms in total. The van der Waals surface area contributed by atoms with Gasteiger partial charge in [-0.3, -0.25) is 14.4 Å². The second-order valence-electron chi connectivity index (χ2n) is 17.8. The van der Waals surface area contributed by atoms with Crippen LogP contribution in [0.1, 0.15) is 140 Å². The minimum absolute atomic E-state index is 0.0526. The third-order valence-electron chi connectivity index (χ3n) is 10.5. The standard InChI is InChI=1S/C51H71N3O15/c1-28(2)15-19-66-39-26-41(68-21-17-30(5)6)35(50(59)64-13)23-33(39)46(55)53-37-25-38(45(62-11)43(44(37)61-10)48(57)52-32(9)49(58)63-12)54-47(56)34-24-36(51(60)65-14)42(69-22-18-31(7)8)27-40(34)67-20-16-29(3)4/h23-32H,15-22H2,1-14H3,(H,52,57)(H,53,55)(H,54,56)/t32-/m1/s1. The van der Waals surface area contributed by atoms with E-state index in [0.29, 0.717) is 37.5 Å². The Morgan fingerprint density at radius 2 is 0.768 bits per heavy atom. The second-order valence-corrected chi connectivity index (χ2v) is 17.8. The molecule has 0 radical (unpaired) electrons. The maximum absolute atomic E-state index is 14.6. The van der Waals surface area contributed by atoms with Gasteiger partial charge in [-0.1, -0.05) is 55.4 Å². The predicted octanol–water partition coefficient (Wildman–Crippen LogP) is 8.77. The lowest BCUT2D eigenvalue weighted by molar-refractivity contribution is -0.142. The molecule has 1 atom stereocenters. The van der Waals surface area contributed by atoms with Crippen LogP contribution in [-0.4, -0.2) is 104 Å². The number of methoxy groups -OCH3 is 5. The van der Waals surface area contributed by atoms with Crippen LogP contribution in [0, 0.1) is 23.7 Å². The largest absolute Gasteiger partial charge is 0.494 e. The smallest absolute Gasteiger partial charge is 0.341 e. The highest BCUT2D eigenvalue weighted by Gasteiger charge is 2.32. The van der Waals surface area contributed by atoms with Crippen molar-refractivity contribution in [2.45, 2.75) is 94.0 Å². The van der Waals surface area contributed by atoms with Crippen LogP contribution in [0.15, 0.2) is 30.3 Å². The highest BCUT2D eigenvalue weighted by molar-refractivity contribution is 6.14. The number of carbonyl (C=O) groups excluding carboxylic acids is 6. The molecule has 0 saturated heterocycles. The second kappa shape index (κ2) is 27.3. The molecule has 0 spiro atoms. The molecule has 0 saturated carbocycles. The van der Waals surface area contributed by atoms with Gasteiger partial charge in [-0.2, -0.15) is 0 Å². The SMILES string of the molecule is COC(=O)c1cc(C(=O)Nc2cc(NC(=O)c3cc(C(=O)OC)c(OCCC(C)C)cc3OCCC(C)C)c(OC)c(C(=O)N[C@H](C)C(=O)OC)c2OC)c(OCCC(C)C)cc1OCCC(C)C. The van der Waals surface area contributed by atoms with Gasteiger partial charge in [0.1, 0.15) is 45.7 Å². The molecule has 380 valence electrons. The molecular formula is C51H71N3O15. The highest BCUT2D eigenvalue weighted by atomic mass is 16.5. The van der Waals surface area contributed by atoms with Crippen LogP contribution in [0.3, 0.4) is 0 Å². The number of ether oxygens (including phenoxy) is 9. The molecule has 0 aliphatic heterocycles. The van der Waals surface area contributed by atoms with Gasteiger partial charge < -0.3 is 58.6 Å². The molecule has 69 heavy (non-hydrogen) atoms. The van der Waals surface area contributed by atoms with Crippen LogP contribution in [0.25, 0.3) is 0 Å². The minimum atomic E-state index is -1.18. The van der Waals surface area contributed by atoms with Gasteiger partial charge in [0, 0.05) is 12.1 Å². The number of carbonyl (C=O) groups is 6. The summed E-state index contributed by atoms with van der Waals surface area (Å²) < 4.78 is 50.9. The summed E-state index contributed by atoms with van der Waals surface area (Å²) in [6.45, 7) is 18.5. The van der Waals surface area contributed by atoms with E-state index in [2.05, 4.69) is 16.0 Å². The van der Waals surface area contributed by atoms with Gasteiger partial charge >= 0.3 is 17.9 Å². The van der Waals surface area contributed by atoms with Crippen LogP contribution in [0.5, 0.6) is 34.5 Å². The van der Waals surface area contributed by atoms with Gasteiger partial charge in [0.25, 0.3) is 17.7 Å². The fourth-order valence-electron chi connectivity index (χ4n) is 6.46. The summed E-state index contributed by atoms with van der Waals surface area (Å²) in [4.78, 5) is 82.5. The summed E-state index contributed by atoms with van der Waals surface area (Å²) >= 11 is 0. The number of hydrogen-bond donors (Lipinski definition) is 3. The van der Waals surface area contributed by atoms with E-state index in [1.807, 2.05) is 55.4 Å². The van der Waals surface area contributed by atoms with Crippen molar-refractivity contribution in [1.29, 1.82) is 0 Å². The van der Waals surface area contributed by atoms with Gasteiger partial charge in [0.2, 0.25) is 0 Å². The van der Waals surface area contributed by atoms with Crippen molar-refractivity contribution in [2.75, 3.05) is 72.6 Å². The van der Waals surface area contributed by atoms with E-state index in [9.17, 15) is 28.8 Å². The van der Waals surface area contributed by atoms with Gasteiger partial charge in [-0.25, -0.2) is 14.4 Å². The lowest BCUT2D eigenvalue weighted by atomic mass is 10.0. The van der Waals surface area contributed by atoms with Gasteiger partial charge in [-0.15, -0.1) is 0 Å². The van der Waals surface area contributed by atoms with Crippen LogP contribution in [0.4, 0.5) is 11.4 Å². The van der Waals surface area contributed by atoms with Gasteiger partial charge in [0.05, 0.1) is 84.5 Å². The van der Waals surface area contributed by atoms with Gasteiger partial charge in [-0.05, 0) is 74.5 Å². The molecule has 3 aromatic carbocycles. The molecule has 0 aliphatic carbocycles. The zero-order chi connectivity index (χ0) is 51.5. The fourth-order valence-corrected chi connectivity index (χ4v) is 6.46. The third kappa shape index (κ3) is 16.2. The monoisotopic (exact) mass is 965 g/mol. The zero-order valence-corrected chi connectivity index (χ0v) is 42.6. The number of esters is 3. The van der Waals surface area contributed by atoms with E-state index >= 15 is 0 Å². The molecule has 3 aromatic rings. The van der Waals surface area contributed by atoms with Crippen molar-refractivity contribution >= 4 is 47.0 Å². The Kier molecular flexibility index (Phi) is 22.4. The Morgan fingerprint density at radius 3 is 1.06 bits per heavy atom. The van der Waals surface area contributed by atoms with Crippen molar-refractivity contribution in [3.63, 3.8) is 0 Å². The first-order valence-electron chi connectivity index (χ1n) is 23.1. The maximum Gasteiger partial charge on any atom is 0.341 e. The average molecular weight is 966 g/mol. The van der Waals surface area contributed by atoms with E-state index in [-0.39, 0.29) is 112 Å². The molecule has 3 amide bonds. The summed E-state index contributed by atoms with van der Waals surface area (Å²) in [6.07, 6.45) is 2.60. The topological polar surface area (TPSA) is 222 Å². The molecule has 0 fully saturated rings. The lowest BCUT2D eigenvalue weighted by Gasteiger charge is -2.23. The van der Waals surface area contributed by atoms with Crippen LogP contribution < -0.4 is 44.4 Å². The van der Waals surface area contributed by atoms with E-state index in [4.69, 9.17) is 42.6 Å². The summed E-state index contributed by atoms with van der Waals surface area (Å²) in [5.74, 6) is -3.88. The normalized spacial score (nSPS) is 11.4. The molecule has 3 N–H and O–H groups in total. The molecule has 3 rings (SSSR count). The van der Waals surface area contributed by atoms with Crippen molar-refractivity contribution in [3.8, 4) is 34.5 Å². The van der Waals surface area contributed by atoms with E-state index < -0.39 is 41.7 Å². The summed E-state index contributed by atoms with van der Waals surface area (Å²) in [7, 11) is 6.03. The summed E-state index contributed by atoms with van der Waals surface area (Å²) in [5, 5.41) is 8.08. The Bertz CT molecular complexity index is 2140. The molecule has 18 heteroatoms. The van der Waals surface area contributed by atoms with E-state index in [1.54, 1.807) is 0 Å². The predicted molar refractivity (Wildman–Crippen MR) is 260 cm³/mol. The molecule has 0 heterocycles. The Morgan fingerprint density at radius 1 is 0.435 bits per heavy atom. The Labute approximate surface area is 405 Å². The maximum atomic E-state index is 14.6. The quantitative estimate of drug-likeness (QED) is 0.0480. The molecular weight excluding hydrogens is 895 g/mol. The Balaban J connectivity index is 2.36. The molecule has 0 aliphatic rings. The van der Waals surface area contributed by atoms with E-state index in [0.717, 1.165) is 7.11 Å². The highest BCUT2D eigenvalue weighted by Crippen LogP contribution is 2.44. The van der Waals surface area contributed by atoms with E-state index in [1.165, 1.54) is 65.7 Å². The molecule has 0 aromatic heterocycles. The lowest BCUT2D eigenvalue weighted by Crippen LogP contribution is -2.39. The third-order valence-corrected chi connectivity index (χ3v) is 10.5. The van der Waals surface area contributed by atoms with Crippen molar-refractivity contribution in [3.05, 3.63) is 58.1 Å². The average Bonchev–Trinajstić information content (AvgIpc) is 3.29. The zero-order valence-electron chi connectivity index (χ0n) is 42.6. The van der Waals surface area contributed by atoms with Crippen LogP contribution in [-0.2, 0) is 19.0 Å². The minimum Gasteiger partial charge on any atom is -0.494 e. The number of hydrogen-bond acceptors (Lipinski definition) is 15.